The van der Waals surface area contributed by atoms with Crippen molar-refractivity contribution in [3.05, 3.63) is 10.6 Å². The highest BCUT2D eigenvalue weighted by atomic mass is 32.1. The molecule has 2 heterocycles. The minimum Gasteiger partial charge on any atom is -0.303 e. The molecule has 1 saturated heterocycles. The summed E-state index contributed by atoms with van der Waals surface area (Å²) in [5.74, 6) is 1.10. The second kappa shape index (κ2) is 6.48. The van der Waals surface area contributed by atoms with E-state index in [9.17, 15) is 0 Å². The molecule has 1 N–H and O–H groups in total. The first-order valence-corrected chi connectivity index (χ1v) is 7.51. The molecule has 1 aromatic rings. The van der Waals surface area contributed by atoms with Crippen LogP contribution in [0.15, 0.2) is 0 Å². The van der Waals surface area contributed by atoms with Crippen LogP contribution in [0.5, 0.6) is 0 Å². The van der Waals surface area contributed by atoms with Crippen LogP contribution < -0.4 is 0 Å². The normalized spacial score (nSPS) is 19.0. The van der Waals surface area contributed by atoms with Crippen LogP contribution >= 0.6 is 12.2 Å². The first-order chi connectivity index (χ1) is 8.72. The molecule has 18 heavy (non-hydrogen) atoms. The molecule has 0 aliphatic carbocycles. The molecule has 102 valence electrons. The summed E-state index contributed by atoms with van der Waals surface area (Å²) in [5, 5.41) is 7.26. The van der Waals surface area contributed by atoms with Gasteiger partial charge in [-0.25, -0.2) is 0 Å². The van der Waals surface area contributed by atoms with Crippen molar-refractivity contribution < 1.29 is 0 Å². The fourth-order valence-electron chi connectivity index (χ4n) is 2.69. The molecule has 1 aliphatic heterocycles. The number of H-pyrrole nitrogens is 1. The molecule has 0 saturated carbocycles. The Morgan fingerprint density at radius 3 is 2.72 bits per heavy atom. The van der Waals surface area contributed by atoms with Crippen molar-refractivity contribution >= 4 is 12.2 Å². The lowest BCUT2D eigenvalue weighted by Gasteiger charge is -2.32. The van der Waals surface area contributed by atoms with Gasteiger partial charge in [-0.3, -0.25) is 10.00 Å². The lowest BCUT2D eigenvalue weighted by atomic mass is 10.1. The lowest BCUT2D eigenvalue weighted by molar-refractivity contribution is 0.158. The summed E-state index contributed by atoms with van der Waals surface area (Å²) in [7, 11) is 0. The van der Waals surface area contributed by atoms with Gasteiger partial charge in [-0.15, -0.1) is 0 Å². The quantitative estimate of drug-likeness (QED) is 0.834. The van der Waals surface area contributed by atoms with Gasteiger partial charge < -0.3 is 4.57 Å². The van der Waals surface area contributed by atoms with Crippen LogP contribution in [0.1, 0.15) is 45.4 Å². The standard InChI is InChI=1S/C13H24N4S/c1-3-7-12-14-15-13(18)17(12)10-11(2)16-8-5-4-6-9-16/h11H,3-10H2,1-2H3,(H,15,18). The molecule has 1 aliphatic rings. The van der Waals surface area contributed by atoms with Crippen molar-refractivity contribution in [1.29, 1.82) is 0 Å². The van der Waals surface area contributed by atoms with E-state index in [0.717, 1.165) is 30.0 Å². The first-order valence-electron chi connectivity index (χ1n) is 7.10. The molecule has 1 aromatic heterocycles. The minimum absolute atomic E-state index is 0.546. The van der Waals surface area contributed by atoms with Crippen LogP contribution in [0, 0.1) is 4.77 Å². The first kappa shape index (κ1) is 13.7. The third-order valence-corrected chi connectivity index (χ3v) is 4.08. The zero-order valence-electron chi connectivity index (χ0n) is 11.5. The SMILES string of the molecule is CCCc1n[nH]c(=S)n1CC(C)N1CCCCC1. The van der Waals surface area contributed by atoms with E-state index in [1.807, 2.05) is 0 Å². The number of nitrogens with zero attached hydrogens (tertiary/aromatic N) is 3. The number of aromatic nitrogens is 3. The van der Waals surface area contributed by atoms with E-state index in [-0.39, 0.29) is 0 Å². The van der Waals surface area contributed by atoms with E-state index >= 15 is 0 Å². The molecule has 2 rings (SSSR count). The molecule has 0 aromatic carbocycles. The topological polar surface area (TPSA) is 36.9 Å². The summed E-state index contributed by atoms with van der Waals surface area (Å²) in [6, 6.07) is 0.546. The van der Waals surface area contributed by atoms with Crippen molar-refractivity contribution in [1.82, 2.24) is 19.7 Å². The number of aryl methyl sites for hydroxylation is 1. The van der Waals surface area contributed by atoms with Crippen LogP contribution in [0.2, 0.25) is 0 Å². The highest BCUT2D eigenvalue weighted by molar-refractivity contribution is 7.71. The lowest BCUT2D eigenvalue weighted by Crippen LogP contribution is -2.40. The Labute approximate surface area is 114 Å². The van der Waals surface area contributed by atoms with Crippen molar-refractivity contribution in [2.24, 2.45) is 0 Å². The van der Waals surface area contributed by atoms with Crippen molar-refractivity contribution in [2.45, 2.75) is 58.5 Å². The van der Waals surface area contributed by atoms with Gasteiger partial charge in [0.1, 0.15) is 5.82 Å². The fraction of sp³-hybridized carbons (Fsp3) is 0.846. The van der Waals surface area contributed by atoms with E-state index in [2.05, 4.69) is 33.5 Å². The molecular weight excluding hydrogens is 244 g/mol. The predicted molar refractivity (Wildman–Crippen MR) is 76.3 cm³/mol. The highest BCUT2D eigenvalue weighted by Crippen LogP contribution is 2.14. The Hall–Kier alpha value is -0.680. The number of piperidine rings is 1. The zero-order chi connectivity index (χ0) is 13.0. The Kier molecular flexibility index (Phi) is 4.95. The van der Waals surface area contributed by atoms with Crippen LogP contribution in [0.4, 0.5) is 0 Å². The molecule has 5 heteroatoms. The minimum atomic E-state index is 0.546. The van der Waals surface area contributed by atoms with Crippen LogP contribution in [0.3, 0.4) is 0 Å². The number of hydrogen-bond acceptors (Lipinski definition) is 3. The van der Waals surface area contributed by atoms with Gasteiger partial charge in [0.05, 0.1) is 0 Å². The van der Waals surface area contributed by atoms with E-state index in [4.69, 9.17) is 12.2 Å². The van der Waals surface area contributed by atoms with Gasteiger partial charge in [0.15, 0.2) is 4.77 Å². The maximum atomic E-state index is 5.33. The van der Waals surface area contributed by atoms with E-state index in [0.29, 0.717) is 6.04 Å². The zero-order valence-corrected chi connectivity index (χ0v) is 12.3. The van der Waals surface area contributed by atoms with Gasteiger partial charge in [0.2, 0.25) is 0 Å². The molecule has 0 amide bonds. The van der Waals surface area contributed by atoms with Crippen LogP contribution in [-0.4, -0.2) is 38.8 Å². The summed E-state index contributed by atoms with van der Waals surface area (Å²) < 4.78 is 2.94. The Morgan fingerprint density at radius 2 is 2.06 bits per heavy atom. The van der Waals surface area contributed by atoms with Gasteiger partial charge in [-0.1, -0.05) is 13.3 Å². The van der Waals surface area contributed by atoms with Crippen LogP contribution in [0.25, 0.3) is 0 Å². The molecule has 4 nitrogen and oxygen atoms in total. The van der Waals surface area contributed by atoms with Gasteiger partial charge >= 0.3 is 0 Å². The van der Waals surface area contributed by atoms with Gasteiger partial charge in [-0.05, 0) is 51.5 Å². The maximum absolute atomic E-state index is 5.33. The molecule has 0 radical (unpaired) electrons. The predicted octanol–water partition coefficient (Wildman–Crippen LogP) is 2.77. The Bertz CT molecular complexity index is 417. The fourth-order valence-corrected chi connectivity index (χ4v) is 2.92. The highest BCUT2D eigenvalue weighted by Gasteiger charge is 2.18. The number of likely N-dealkylation sites (tertiary alicyclic amines) is 1. The van der Waals surface area contributed by atoms with E-state index in [1.165, 1.54) is 32.4 Å². The number of aromatic amines is 1. The van der Waals surface area contributed by atoms with Gasteiger partial charge in [0, 0.05) is 19.0 Å². The summed E-state index contributed by atoms with van der Waals surface area (Å²) in [6.07, 6.45) is 6.17. The molecule has 1 unspecified atom stereocenters. The van der Waals surface area contributed by atoms with Gasteiger partial charge in [0.25, 0.3) is 0 Å². The molecule has 0 spiro atoms. The molecule has 0 bridgehead atoms. The molecule has 1 fully saturated rings. The monoisotopic (exact) mass is 268 g/mol. The molecular formula is C13H24N4S. The number of nitrogens with one attached hydrogen (secondary N) is 1. The second-order valence-electron chi connectivity index (χ2n) is 5.25. The van der Waals surface area contributed by atoms with Gasteiger partial charge in [-0.2, -0.15) is 5.10 Å². The Balaban J connectivity index is 2.03. The van der Waals surface area contributed by atoms with E-state index < -0.39 is 0 Å². The number of hydrogen-bond donors (Lipinski definition) is 1. The summed E-state index contributed by atoms with van der Waals surface area (Å²) >= 11 is 5.33. The number of rotatable bonds is 5. The third kappa shape index (κ3) is 3.20. The van der Waals surface area contributed by atoms with E-state index in [1.54, 1.807) is 0 Å². The summed E-state index contributed by atoms with van der Waals surface area (Å²) in [6.45, 7) is 7.90. The second-order valence-corrected chi connectivity index (χ2v) is 5.64. The average Bonchev–Trinajstić information content (AvgIpc) is 2.73. The average molecular weight is 268 g/mol. The maximum Gasteiger partial charge on any atom is 0.195 e. The van der Waals surface area contributed by atoms with Crippen LogP contribution in [-0.2, 0) is 13.0 Å². The largest absolute Gasteiger partial charge is 0.303 e. The smallest absolute Gasteiger partial charge is 0.195 e. The van der Waals surface area contributed by atoms with Crippen molar-refractivity contribution in [2.75, 3.05) is 13.1 Å². The summed E-state index contributed by atoms with van der Waals surface area (Å²) in [4.78, 5) is 2.58. The molecule has 1 atom stereocenters. The van der Waals surface area contributed by atoms with Crippen molar-refractivity contribution in [3.63, 3.8) is 0 Å². The Morgan fingerprint density at radius 1 is 1.33 bits per heavy atom. The van der Waals surface area contributed by atoms with Crippen molar-refractivity contribution in [3.8, 4) is 0 Å². The third-order valence-electron chi connectivity index (χ3n) is 3.77. The summed E-state index contributed by atoms with van der Waals surface area (Å²) in [5.41, 5.74) is 0.